The molecule has 2 aliphatic rings. The summed E-state index contributed by atoms with van der Waals surface area (Å²) in [6.45, 7) is 2.50. The summed E-state index contributed by atoms with van der Waals surface area (Å²) in [4.78, 5) is 16.6. The van der Waals surface area contributed by atoms with Gasteiger partial charge in [0.05, 0.1) is 13.2 Å². The van der Waals surface area contributed by atoms with Gasteiger partial charge in [0.2, 0.25) is 0 Å². The first-order valence-electron chi connectivity index (χ1n) is 9.81. The maximum absolute atomic E-state index is 13.8. The highest BCUT2D eigenvalue weighted by atomic mass is 19.4. The number of benzene rings is 1. The third-order valence-corrected chi connectivity index (χ3v) is 5.70. The van der Waals surface area contributed by atoms with Gasteiger partial charge >= 0.3 is 6.18 Å². The number of rotatable bonds is 3. The standard InChI is InChI=1S/C20H24F3N5O2/c1-26-6-8-27(9-7-26)19(29)16-12-18-24-15(13-4-3-5-14(10-13)30-2)11-17(20(21,22)23)28(18)25-16/h3-5,10,12,15,17,24H,6-9,11H2,1-2H3/t15-,17+/m0/s1. The Bertz CT molecular complexity index is 921. The zero-order chi connectivity index (χ0) is 21.5. The van der Waals surface area contributed by atoms with Crippen molar-refractivity contribution >= 4 is 11.7 Å². The van der Waals surface area contributed by atoms with E-state index in [0.29, 0.717) is 24.4 Å². The lowest BCUT2D eigenvalue weighted by molar-refractivity contribution is -0.173. The number of piperazine rings is 1. The SMILES string of the molecule is COc1cccc([C@@H]2C[C@H](C(F)(F)F)n3nc(C(=O)N4CCN(C)CC4)cc3N2)c1. The third kappa shape index (κ3) is 3.96. The Hall–Kier alpha value is -2.75. The van der Waals surface area contributed by atoms with E-state index >= 15 is 0 Å². The zero-order valence-electron chi connectivity index (χ0n) is 16.8. The lowest BCUT2D eigenvalue weighted by Gasteiger charge is -2.33. The molecule has 1 N–H and O–H groups in total. The number of alkyl halides is 3. The van der Waals surface area contributed by atoms with Crippen LogP contribution in [0.15, 0.2) is 30.3 Å². The van der Waals surface area contributed by atoms with E-state index in [9.17, 15) is 18.0 Å². The molecule has 1 aromatic carbocycles. The van der Waals surface area contributed by atoms with Crippen LogP contribution < -0.4 is 10.1 Å². The topological polar surface area (TPSA) is 62.6 Å². The molecule has 0 aliphatic carbocycles. The second kappa shape index (κ2) is 7.82. The van der Waals surface area contributed by atoms with Gasteiger partial charge in [0, 0.05) is 38.7 Å². The molecule has 2 aliphatic heterocycles. The van der Waals surface area contributed by atoms with E-state index in [1.54, 1.807) is 29.2 Å². The average molecular weight is 423 g/mol. The Balaban J connectivity index is 1.64. The van der Waals surface area contributed by atoms with Crippen molar-refractivity contribution in [2.24, 2.45) is 0 Å². The number of ether oxygens (including phenoxy) is 1. The van der Waals surface area contributed by atoms with Crippen LogP contribution in [0.25, 0.3) is 0 Å². The molecule has 2 aromatic rings. The molecule has 10 heteroatoms. The number of aromatic nitrogens is 2. The van der Waals surface area contributed by atoms with Gasteiger partial charge in [-0.1, -0.05) is 12.1 Å². The van der Waals surface area contributed by atoms with Crippen LogP contribution in [-0.4, -0.2) is 72.0 Å². The van der Waals surface area contributed by atoms with Crippen molar-refractivity contribution in [2.75, 3.05) is 45.7 Å². The number of carbonyl (C=O) groups is 1. The Morgan fingerprint density at radius 1 is 1.20 bits per heavy atom. The number of hydrogen-bond acceptors (Lipinski definition) is 5. The molecular weight excluding hydrogens is 399 g/mol. The molecule has 3 heterocycles. The van der Waals surface area contributed by atoms with Gasteiger partial charge in [-0.15, -0.1) is 0 Å². The molecule has 1 aromatic heterocycles. The lowest BCUT2D eigenvalue weighted by atomic mass is 9.97. The first kappa shape index (κ1) is 20.5. The number of halogens is 3. The van der Waals surface area contributed by atoms with Crippen molar-refractivity contribution in [1.29, 1.82) is 0 Å². The van der Waals surface area contributed by atoms with Gasteiger partial charge in [0.1, 0.15) is 11.6 Å². The summed E-state index contributed by atoms with van der Waals surface area (Å²) in [5, 5.41) is 7.18. The second-order valence-electron chi connectivity index (χ2n) is 7.72. The predicted molar refractivity (Wildman–Crippen MR) is 105 cm³/mol. The number of fused-ring (bicyclic) bond motifs is 1. The highest BCUT2D eigenvalue weighted by Crippen LogP contribution is 2.44. The fourth-order valence-corrected chi connectivity index (χ4v) is 3.93. The van der Waals surface area contributed by atoms with Crippen LogP contribution >= 0.6 is 0 Å². The number of amides is 1. The summed E-state index contributed by atoms with van der Waals surface area (Å²) < 4.78 is 47.6. The predicted octanol–water partition coefficient (Wildman–Crippen LogP) is 2.94. The minimum Gasteiger partial charge on any atom is -0.497 e. The molecule has 0 radical (unpaired) electrons. The van der Waals surface area contributed by atoms with Crippen LogP contribution in [0.4, 0.5) is 19.0 Å². The maximum Gasteiger partial charge on any atom is 0.410 e. The van der Waals surface area contributed by atoms with Gasteiger partial charge in [0.25, 0.3) is 5.91 Å². The van der Waals surface area contributed by atoms with E-state index < -0.39 is 18.3 Å². The van der Waals surface area contributed by atoms with Gasteiger partial charge in [0.15, 0.2) is 11.7 Å². The van der Waals surface area contributed by atoms with Gasteiger partial charge in [-0.3, -0.25) is 4.79 Å². The summed E-state index contributed by atoms with van der Waals surface area (Å²) in [5.41, 5.74) is 0.714. The molecule has 30 heavy (non-hydrogen) atoms. The molecule has 162 valence electrons. The summed E-state index contributed by atoms with van der Waals surface area (Å²) in [6, 6.07) is 5.98. The van der Waals surface area contributed by atoms with Crippen molar-refractivity contribution in [1.82, 2.24) is 19.6 Å². The fourth-order valence-electron chi connectivity index (χ4n) is 3.93. The second-order valence-corrected chi connectivity index (χ2v) is 7.72. The fraction of sp³-hybridized carbons (Fsp3) is 0.500. The molecule has 1 saturated heterocycles. The Morgan fingerprint density at radius 2 is 1.93 bits per heavy atom. The minimum absolute atomic E-state index is 0.0302. The van der Waals surface area contributed by atoms with Crippen LogP contribution in [0.1, 0.15) is 34.6 Å². The number of methoxy groups -OCH3 is 1. The van der Waals surface area contributed by atoms with E-state index in [-0.39, 0.29) is 23.8 Å². The van der Waals surface area contributed by atoms with Crippen LogP contribution in [0, 0.1) is 0 Å². The average Bonchev–Trinajstić information content (AvgIpc) is 3.16. The maximum atomic E-state index is 13.8. The Labute approximate surface area is 172 Å². The molecule has 1 amide bonds. The largest absolute Gasteiger partial charge is 0.497 e. The van der Waals surface area contributed by atoms with Crippen molar-refractivity contribution < 1.29 is 22.7 Å². The van der Waals surface area contributed by atoms with Gasteiger partial charge in [-0.25, -0.2) is 4.68 Å². The van der Waals surface area contributed by atoms with Crippen molar-refractivity contribution in [3.05, 3.63) is 41.6 Å². The monoisotopic (exact) mass is 423 g/mol. The Kier molecular flexibility index (Phi) is 5.35. The van der Waals surface area contributed by atoms with Crippen LogP contribution in [0.5, 0.6) is 5.75 Å². The van der Waals surface area contributed by atoms with Crippen LogP contribution in [0.3, 0.4) is 0 Å². The number of anilines is 1. The first-order chi connectivity index (χ1) is 14.3. The third-order valence-electron chi connectivity index (χ3n) is 5.70. The number of hydrogen-bond donors (Lipinski definition) is 1. The lowest BCUT2D eigenvalue weighted by Crippen LogP contribution is -2.47. The van der Waals surface area contributed by atoms with Gasteiger partial charge in [-0.05, 0) is 24.7 Å². The van der Waals surface area contributed by atoms with Gasteiger partial charge in [-0.2, -0.15) is 18.3 Å². The van der Waals surface area contributed by atoms with E-state index in [2.05, 4.69) is 15.3 Å². The van der Waals surface area contributed by atoms with Crippen molar-refractivity contribution in [3.8, 4) is 5.75 Å². The number of carbonyl (C=O) groups excluding carboxylic acids is 1. The number of nitrogens with one attached hydrogen (secondary N) is 1. The van der Waals surface area contributed by atoms with E-state index in [0.717, 1.165) is 17.8 Å². The molecule has 2 atom stereocenters. The minimum atomic E-state index is -4.49. The van der Waals surface area contributed by atoms with E-state index in [1.165, 1.54) is 13.2 Å². The van der Waals surface area contributed by atoms with Crippen LogP contribution in [0.2, 0.25) is 0 Å². The molecule has 0 saturated carbocycles. The normalized spacial score (nSPS) is 22.4. The quantitative estimate of drug-likeness (QED) is 0.823. The molecule has 1 fully saturated rings. The molecule has 0 bridgehead atoms. The summed E-state index contributed by atoms with van der Waals surface area (Å²) >= 11 is 0. The summed E-state index contributed by atoms with van der Waals surface area (Å²) in [7, 11) is 3.48. The smallest absolute Gasteiger partial charge is 0.410 e. The molecule has 0 spiro atoms. The van der Waals surface area contributed by atoms with E-state index in [1.807, 2.05) is 7.05 Å². The van der Waals surface area contributed by atoms with E-state index in [4.69, 9.17) is 4.74 Å². The molecule has 7 nitrogen and oxygen atoms in total. The van der Waals surface area contributed by atoms with Crippen molar-refractivity contribution in [3.63, 3.8) is 0 Å². The molecule has 0 unspecified atom stereocenters. The summed E-state index contributed by atoms with van der Waals surface area (Å²) in [5.74, 6) is 0.419. The molecule has 4 rings (SSSR count). The van der Waals surface area contributed by atoms with Crippen molar-refractivity contribution in [2.45, 2.75) is 24.7 Å². The zero-order valence-corrected chi connectivity index (χ0v) is 16.8. The first-order valence-corrected chi connectivity index (χ1v) is 9.81. The Morgan fingerprint density at radius 3 is 2.60 bits per heavy atom. The number of likely N-dealkylation sites (N-methyl/N-ethyl adjacent to an activating group) is 1. The van der Waals surface area contributed by atoms with Gasteiger partial charge < -0.3 is 19.9 Å². The highest BCUT2D eigenvalue weighted by molar-refractivity contribution is 5.93. The number of nitrogens with zero attached hydrogens (tertiary/aromatic N) is 4. The summed E-state index contributed by atoms with van der Waals surface area (Å²) in [6.07, 6.45) is -4.72. The van der Waals surface area contributed by atoms with Crippen LogP contribution in [-0.2, 0) is 0 Å². The molecular formula is C20H24F3N5O2. The highest BCUT2D eigenvalue weighted by Gasteiger charge is 2.47.